The number of methoxy groups -OCH3 is 1. The van der Waals surface area contributed by atoms with E-state index in [1.54, 1.807) is 36.4 Å². The van der Waals surface area contributed by atoms with Crippen molar-refractivity contribution in [1.82, 2.24) is 4.57 Å². The van der Waals surface area contributed by atoms with Crippen molar-refractivity contribution in [3.63, 3.8) is 0 Å². The first-order valence-electron chi connectivity index (χ1n) is 7.24. The Morgan fingerprint density at radius 2 is 1.83 bits per heavy atom. The second-order valence-corrected chi connectivity index (χ2v) is 5.18. The number of aromatic hydroxyl groups is 1. The van der Waals surface area contributed by atoms with E-state index in [4.69, 9.17) is 4.42 Å². The first-order valence-corrected chi connectivity index (χ1v) is 7.24. The van der Waals surface area contributed by atoms with E-state index in [1.165, 1.54) is 11.7 Å². The minimum Gasteiger partial charge on any atom is -0.508 e. The average molecular weight is 325 g/mol. The number of rotatable bonds is 4. The maximum atomic E-state index is 11.9. The molecule has 0 spiro atoms. The molecule has 6 nitrogen and oxygen atoms in total. The number of ether oxygens (including phenoxy) is 1. The van der Waals surface area contributed by atoms with Crippen molar-refractivity contribution in [3.8, 4) is 5.75 Å². The standard InChI is InChI=1S/C18H15NO5/c1-23-17(21)11-19-15-9-6-13(10-16(15)24-18(19)22)3-2-12-4-7-14(20)8-5-12/h2-10,20H,11H2,1H3/b3-2+. The molecule has 1 aromatic heterocycles. The molecule has 24 heavy (non-hydrogen) atoms. The van der Waals surface area contributed by atoms with Crippen molar-refractivity contribution < 1.29 is 19.1 Å². The predicted molar refractivity (Wildman–Crippen MR) is 89.5 cm³/mol. The fraction of sp³-hybridized carbons (Fsp3) is 0.111. The number of esters is 1. The zero-order chi connectivity index (χ0) is 17.1. The van der Waals surface area contributed by atoms with E-state index >= 15 is 0 Å². The Labute approximate surface area is 137 Å². The summed E-state index contributed by atoms with van der Waals surface area (Å²) in [7, 11) is 1.27. The van der Waals surface area contributed by atoms with Crippen LogP contribution in [0.1, 0.15) is 11.1 Å². The van der Waals surface area contributed by atoms with Crippen LogP contribution in [0.15, 0.2) is 51.7 Å². The molecule has 0 amide bonds. The highest BCUT2D eigenvalue weighted by molar-refractivity contribution is 5.80. The number of carbonyl (C=O) groups excluding carboxylic acids is 1. The highest BCUT2D eigenvalue weighted by atomic mass is 16.5. The van der Waals surface area contributed by atoms with E-state index in [0.29, 0.717) is 11.1 Å². The van der Waals surface area contributed by atoms with Crippen LogP contribution in [0.4, 0.5) is 0 Å². The molecular weight excluding hydrogens is 310 g/mol. The zero-order valence-corrected chi connectivity index (χ0v) is 12.9. The highest BCUT2D eigenvalue weighted by Crippen LogP contribution is 2.18. The van der Waals surface area contributed by atoms with Gasteiger partial charge in [0.05, 0.1) is 12.6 Å². The van der Waals surface area contributed by atoms with Gasteiger partial charge in [-0.15, -0.1) is 0 Å². The number of carbonyl (C=O) groups is 1. The number of phenols is 1. The van der Waals surface area contributed by atoms with Gasteiger partial charge in [-0.05, 0) is 35.4 Å². The predicted octanol–water partition coefficient (Wildman–Crippen LogP) is 2.64. The molecule has 0 saturated heterocycles. The Bertz CT molecular complexity index is 963. The van der Waals surface area contributed by atoms with Gasteiger partial charge in [0.15, 0.2) is 5.58 Å². The Balaban J connectivity index is 1.90. The smallest absolute Gasteiger partial charge is 0.420 e. The molecule has 0 bridgehead atoms. The summed E-state index contributed by atoms with van der Waals surface area (Å²) in [4.78, 5) is 23.2. The lowest BCUT2D eigenvalue weighted by Crippen LogP contribution is -2.20. The van der Waals surface area contributed by atoms with Crippen molar-refractivity contribution in [2.75, 3.05) is 7.11 Å². The second-order valence-electron chi connectivity index (χ2n) is 5.18. The number of benzene rings is 2. The fourth-order valence-corrected chi connectivity index (χ4v) is 2.31. The Hall–Kier alpha value is -3.28. The monoisotopic (exact) mass is 325 g/mol. The van der Waals surface area contributed by atoms with Crippen molar-refractivity contribution in [3.05, 3.63) is 64.1 Å². The van der Waals surface area contributed by atoms with Crippen molar-refractivity contribution in [2.45, 2.75) is 6.54 Å². The molecule has 2 aromatic carbocycles. The molecule has 0 radical (unpaired) electrons. The van der Waals surface area contributed by atoms with Gasteiger partial charge in [-0.2, -0.15) is 0 Å². The summed E-state index contributed by atoms with van der Waals surface area (Å²) < 4.78 is 11.0. The van der Waals surface area contributed by atoms with Gasteiger partial charge in [0, 0.05) is 0 Å². The molecule has 122 valence electrons. The van der Waals surface area contributed by atoms with Gasteiger partial charge in [0.1, 0.15) is 12.3 Å². The van der Waals surface area contributed by atoms with Crippen LogP contribution in [-0.2, 0) is 16.1 Å². The third-order valence-corrected chi connectivity index (χ3v) is 3.57. The Kier molecular flexibility index (Phi) is 4.20. The molecule has 0 aliphatic heterocycles. The van der Waals surface area contributed by atoms with Crippen LogP contribution in [0.5, 0.6) is 5.75 Å². The first-order chi connectivity index (χ1) is 11.6. The van der Waals surface area contributed by atoms with Crippen LogP contribution in [0.2, 0.25) is 0 Å². The third-order valence-electron chi connectivity index (χ3n) is 3.57. The van der Waals surface area contributed by atoms with Crippen LogP contribution in [0.25, 0.3) is 23.3 Å². The molecule has 3 rings (SSSR count). The van der Waals surface area contributed by atoms with Crippen LogP contribution in [0.3, 0.4) is 0 Å². The number of hydrogen-bond donors (Lipinski definition) is 1. The summed E-state index contributed by atoms with van der Waals surface area (Å²) in [5, 5.41) is 9.27. The van der Waals surface area contributed by atoms with Gasteiger partial charge in [-0.3, -0.25) is 9.36 Å². The van der Waals surface area contributed by atoms with E-state index in [0.717, 1.165) is 11.1 Å². The van der Waals surface area contributed by atoms with Gasteiger partial charge in [0.2, 0.25) is 0 Å². The van der Waals surface area contributed by atoms with E-state index in [9.17, 15) is 14.7 Å². The van der Waals surface area contributed by atoms with Crippen LogP contribution in [0, 0.1) is 0 Å². The molecule has 1 N–H and O–H groups in total. The molecular formula is C18H15NO5. The number of aromatic nitrogens is 1. The molecule has 0 aliphatic rings. The topological polar surface area (TPSA) is 81.7 Å². The lowest BCUT2D eigenvalue weighted by Gasteiger charge is -2.00. The zero-order valence-electron chi connectivity index (χ0n) is 12.9. The number of nitrogens with zero attached hydrogens (tertiary/aromatic N) is 1. The molecule has 0 aliphatic carbocycles. The summed E-state index contributed by atoms with van der Waals surface area (Å²) in [5.74, 6) is -0.909. The van der Waals surface area contributed by atoms with Gasteiger partial charge >= 0.3 is 11.7 Å². The minimum absolute atomic E-state index is 0.189. The fourth-order valence-electron chi connectivity index (χ4n) is 2.31. The van der Waals surface area contributed by atoms with E-state index in [-0.39, 0.29) is 12.3 Å². The molecule has 1 heterocycles. The summed E-state index contributed by atoms with van der Waals surface area (Å²) in [6, 6.07) is 12.1. The Morgan fingerprint density at radius 1 is 1.17 bits per heavy atom. The molecule has 6 heteroatoms. The summed E-state index contributed by atoms with van der Waals surface area (Å²) in [6.07, 6.45) is 3.74. The van der Waals surface area contributed by atoms with Crippen LogP contribution in [-0.4, -0.2) is 22.8 Å². The Morgan fingerprint density at radius 3 is 2.54 bits per heavy atom. The van der Waals surface area contributed by atoms with Crippen LogP contribution >= 0.6 is 0 Å². The molecule has 3 aromatic rings. The van der Waals surface area contributed by atoms with Gasteiger partial charge in [-0.1, -0.05) is 30.4 Å². The SMILES string of the molecule is COC(=O)Cn1c(=O)oc2cc(/C=C/c3ccc(O)cc3)ccc21. The van der Waals surface area contributed by atoms with Gasteiger partial charge in [-0.25, -0.2) is 4.79 Å². The van der Waals surface area contributed by atoms with Gasteiger partial charge < -0.3 is 14.3 Å². The number of hydrogen-bond acceptors (Lipinski definition) is 5. The number of oxazole rings is 1. The highest BCUT2D eigenvalue weighted by Gasteiger charge is 2.12. The third kappa shape index (κ3) is 3.22. The molecule has 0 unspecified atom stereocenters. The van der Waals surface area contributed by atoms with Crippen LogP contribution < -0.4 is 5.76 Å². The first kappa shape index (κ1) is 15.6. The van der Waals surface area contributed by atoms with E-state index in [2.05, 4.69) is 4.74 Å². The maximum Gasteiger partial charge on any atom is 0.420 e. The van der Waals surface area contributed by atoms with Crippen molar-refractivity contribution in [2.24, 2.45) is 0 Å². The average Bonchev–Trinajstić information content (AvgIpc) is 2.89. The summed E-state index contributed by atoms with van der Waals surface area (Å²) in [5.41, 5.74) is 2.70. The lowest BCUT2D eigenvalue weighted by atomic mass is 10.1. The summed E-state index contributed by atoms with van der Waals surface area (Å²) in [6.45, 7) is -0.189. The lowest BCUT2D eigenvalue weighted by molar-refractivity contribution is -0.141. The molecule has 0 atom stereocenters. The number of phenolic OH excluding ortho intramolecular Hbond substituents is 1. The normalized spacial score (nSPS) is 11.2. The maximum absolute atomic E-state index is 11.9. The van der Waals surface area contributed by atoms with E-state index < -0.39 is 11.7 Å². The quantitative estimate of drug-likeness (QED) is 0.589. The largest absolute Gasteiger partial charge is 0.508 e. The molecule has 0 fully saturated rings. The minimum atomic E-state index is -0.602. The second kappa shape index (κ2) is 6.45. The molecule has 0 saturated carbocycles. The van der Waals surface area contributed by atoms with Gasteiger partial charge in [0.25, 0.3) is 0 Å². The summed E-state index contributed by atoms with van der Waals surface area (Å²) >= 11 is 0. The number of fused-ring (bicyclic) bond motifs is 1. The van der Waals surface area contributed by atoms with E-state index in [1.807, 2.05) is 18.2 Å². The van der Waals surface area contributed by atoms with Crippen molar-refractivity contribution >= 4 is 29.2 Å². The van der Waals surface area contributed by atoms with Crippen molar-refractivity contribution in [1.29, 1.82) is 0 Å².